The Morgan fingerprint density at radius 3 is 3.07 bits per heavy atom. The monoisotopic (exact) mass is 385 g/mol. The van der Waals surface area contributed by atoms with E-state index in [0.29, 0.717) is 25.1 Å². The highest BCUT2D eigenvalue weighted by Crippen LogP contribution is 2.37. The van der Waals surface area contributed by atoms with Gasteiger partial charge in [0.05, 0.1) is 25.3 Å². The van der Waals surface area contributed by atoms with E-state index in [9.17, 15) is 9.90 Å². The number of nitrogens with zero attached hydrogens (tertiary/aromatic N) is 4. The lowest BCUT2D eigenvalue weighted by atomic mass is 9.75. The first-order valence-electron chi connectivity index (χ1n) is 9.84. The van der Waals surface area contributed by atoms with Crippen LogP contribution in [0.25, 0.3) is 11.3 Å². The largest absolute Gasteiger partial charge is 0.508 e. The SMILES string of the molecule is COCCNC(=O)[C@@H]1CN2CC[C@@H]1C[C@@H]2Cn1cc(-c2cccc(O)c2)nn1. The van der Waals surface area contributed by atoms with Crippen LogP contribution in [0.3, 0.4) is 0 Å². The van der Waals surface area contributed by atoms with Crippen LogP contribution in [0.5, 0.6) is 5.75 Å². The molecule has 2 N–H and O–H groups in total. The number of ether oxygens (including phenoxy) is 1. The van der Waals surface area contributed by atoms with Crippen molar-refractivity contribution in [1.29, 1.82) is 0 Å². The van der Waals surface area contributed by atoms with Gasteiger partial charge in [-0.3, -0.25) is 14.4 Å². The van der Waals surface area contributed by atoms with Crippen molar-refractivity contribution >= 4 is 5.91 Å². The molecule has 0 saturated carbocycles. The molecule has 1 amide bonds. The lowest BCUT2D eigenvalue weighted by Gasteiger charge is -2.49. The van der Waals surface area contributed by atoms with Crippen LogP contribution in [0, 0.1) is 11.8 Å². The van der Waals surface area contributed by atoms with E-state index >= 15 is 0 Å². The summed E-state index contributed by atoms with van der Waals surface area (Å²) in [6.45, 7) is 3.72. The highest BCUT2D eigenvalue weighted by Gasteiger charge is 2.43. The van der Waals surface area contributed by atoms with Crippen molar-refractivity contribution in [3.8, 4) is 17.0 Å². The standard InChI is InChI=1S/C20H27N5O3/c1-28-8-6-21-20(27)18-12-24-7-5-14(18)9-16(24)11-25-13-19(22-23-25)15-3-2-4-17(26)10-15/h2-4,10,13-14,16,18,26H,5-9,11-12H2,1H3,(H,21,27)/t14-,16-,18-/m1/s1. The molecule has 0 spiro atoms. The number of phenols is 1. The molecule has 3 aliphatic rings. The van der Waals surface area contributed by atoms with Gasteiger partial charge in [-0.2, -0.15) is 0 Å². The van der Waals surface area contributed by atoms with Gasteiger partial charge in [-0.25, -0.2) is 0 Å². The van der Waals surface area contributed by atoms with Crippen LogP contribution in [0.15, 0.2) is 30.5 Å². The molecular formula is C20H27N5O3. The summed E-state index contributed by atoms with van der Waals surface area (Å²) in [5, 5.41) is 21.2. The maximum absolute atomic E-state index is 12.5. The van der Waals surface area contributed by atoms with E-state index in [4.69, 9.17) is 4.74 Å². The zero-order valence-electron chi connectivity index (χ0n) is 16.1. The van der Waals surface area contributed by atoms with Crippen molar-refractivity contribution in [1.82, 2.24) is 25.2 Å². The molecule has 3 aliphatic heterocycles. The first-order chi connectivity index (χ1) is 13.6. The summed E-state index contributed by atoms with van der Waals surface area (Å²) in [7, 11) is 1.64. The van der Waals surface area contributed by atoms with Gasteiger partial charge in [0, 0.05) is 31.8 Å². The summed E-state index contributed by atoms with van der Waals surface area (Å²) in [6, 6.07) is 7.41. The van der Waals surface area contributed by atoms with E-state index in [-0.39, 0.29) is 17.6 Å². The third-order valence-corrected chi connectivity index (χ3v) is 5.90. The van der Waals surface area contributed by atoms with E-state index < -0.39 is 0 Å². The Bertz CT molecular complexity index is 824. The van der Waals surface area contributed by atoms with Crippen LogP contribution in [0.2, 0.25) is 0 Å². The molecule has 1 aromatic carbocycles. The molecule has 4 atom stereocenters. The maximum atomic E-state index is 12.5. The second kappa shape index (κ2) is 8.28. The molecule has 0 radical (unpaired) electrons. The van der Waals surface area contributed by atoms with Crippen LogP contribution >= 0.6 is 0 Å². The normalized spacial score (nSPS) is 26.3. The molecule has 5 rings (SSSR count). The van der Waals surface area contributed by atoms with Crippen LogP contribution in [0.4, 0.5) is 0 Å². The Kier molecular flexibility index (Phi) is 5.59. The number of hydrogen-bond donors (Lipinski definition) is 2. The number of piperidine rings is 3. The summed E-state index contributed by atoms with van der Waals surface area (Å²) in [6.07, 6.45) is 4.00. The lowest BCUT2D eigenvalue weighted by molar-refractivity contribution is -0.133. The molecule has 150 valence electrons. The Labute approximate surface area is 164 Å². The number of methoxy groups -OCH3 is 1. The molecule has 3 saturated heterocycles. The fourth-order valence-electron chi connectivity index (χ4n) is 4.43. The number of aromatic nitrogens is 3. The number of carbonyl (C=O) groups is 1. The number of amides is 1. The number of aromatic hydroxyl groups is 1. The lowest BCUT2D eigenvalue weighted by Crippen LogP contribution is -2.58. The number of carbonyl (C=O) groups excluding carboxylic acids is 1. The van der Waals surface area contributed by atoms with Crippen LogP contribution in [0.1, 0.15) is 12.8 Å². The summed E-state index contributed by atoms with van der Waals surface area (Å²) in [5.41, 5.74) is 1.60. The third-order valence-electron chi connectivity index (χ3n) is 5.90. The van der Waals surface area contributed by atoms with Crippen molar-refractivity contribution in [2.75, 3.05) is 33.4 Å². The van der Waals surface area contributed by atoms with Crippen molar-refractivity contribution in [3.05, 3.63) is 30.5 Å². The smallest absolute Gasteiger partial charge is 0.224 e. The maximum Gasteiger partial charge on any atom is 0.224 e. The molecule has 8 nitrogen and oxygen atoms in total. The van der Waals surface area contributed by atoms with Crippen LogP contribution in [-0.4, -0.2) is 70.3 Å². The highest BCUT2D eigenvalue weighted by atomic mass is 16.5. The molecular weight excluding hydrogens is 358 g/mol. The Balaban J connectivity index is 1.37. The summed E-state index contributed by atoms with van der Waals surface area (Å²) < 4.78 is 6.88. The second-order valence-corrected chi connectivity index (χ2v) is 7.70. The van der Waals surface area contributed by atoms with Gasteiger partial charge in [0.15, 0.2) is 0 Å². The molecule has 2 aromatic rings. The van der Waals surface area contributed by atoms with Crippen molar-refractivity contribution in [2.24, 2.45) is 11.8 Å². The molecule has 28 heavy (non-hydrogen) atoms. The number of nitrogens with one attached hydrogen (secondary N) is 1. The zero-order chi connectivity index (χ0) is 19.5. The number of rotatable bonds is 7. The van der Waals surface area contributed by atoms with E-state index in [0.717, 1.165) is 43.7 Å². The van der Waals surface area contributed by atoms with E-state index in [1.165, 1.54) is 0 Å². The minimum Gasteiger partial charge on any atom is -0.508 e. The quantitative estimate of drug-likeness (QED) is 0.694. The number of phenolic OH excluding ortho intramolecular Hbond substituents is 1. The molecule has 0 aliphatic carbocycles. The van der Waals surface area contributed by atoms with Crippen molar-refractivity contribution < 1.29 is 14.6 Å². The molecule has 8 heteroatoms. The number of fused-ring (bicyclic) bond motifs is 3. The van der Waals surface area contributed by atoms with E-state index in [2.05, 4.69) is 20.5 Å². The van der Waals surface area contributed by atoms with Gasteiger partial charge >= 0.3 is 0 Å². The van der Waals surface area contributed by atoms with Gasteiger partial charge in [-0.15, -0.1) is 5.10 Å². The van der Waals surface area contributed by atoms with Crippen molar-refractivity contribution in [3.63, 3.8) is 0 Å². The molecule has 2 bridgehead atoms. The fourth-order valence-corrected chi connectivity index (χ4v) is 4.43. The minimum absolute atomic E-state index is 0.0699. The topological polar surface area (TPSA) is 92.5 Å². The Morgan fingerprint density at radius 2 is 2.32 bits per heavy atom. The number of benzene rings is 1. The molecule has 1 aromatic heterocycles. The van der Waals surface area contributed by atoms with Crippen LogP contribution in [-0.2, 0) is 16.1 Å². The summed E-state index contributed by atoms with van der Waals surface area (Å²) in [5.74, 6) is 0.863. The van der Waals surface area contributed by atoms with Gasteiger partial charge in [-0.05, 0) is 37.4 Å². The van der Waals surface area contributed by atoms with Gasteiger partial charge < -0.3 is 15.2 Å². The zero-order valence-corrected chi connectivity index (χ0v) is 16.1. The predicted molar refractivity (Wildman–Crippen MR) is 104 cm³/mol. The number of hydrogen-bond acceptors (Lipinski definition) is 6. The molecule has 4 heterocycles. The van der Waals surface area contributed by atoms with Gasteiger partial charge in [-0.1, -0.05) is 17.3 Å². The molecule has 1 unspecified atom stereocenters. The van der Waals surface area contributed by atoms with Gasteiger partial charge in [0.25, 0.3) is 0 Å². The van der Waals surface area contributed by atoms with Gasteiger partial charge in [0.2, 0.25) is 5.91 Å². The van der Waals surface area contributed by atoms with Crippen molar-refractivity contribution in [2.45, 2.75) is 25.4 Å². The average molecular weight is 385 g/mol. The van der Waals surface area contributed by atoms with E-state index in [1.807, 2.05) is 16.9 Å². The highest BCUT2D eigenvalue weighted by molar-refractivity contribution is 5.79. The second-order valence-electron chi connectivity index (χ2n) is 7.70. The van der Waals surface area contributed by atoms with Crippen LogP contribution < -0.4 is 5.32 Å². The first kappa shape index (κ1) is 18.9. The Hall–Kier alpha value is -2.45. The van der Waals surface area contributed by atoms with Gasteiger partial charge in [0.1, 0.15) is 11.4 Å². The average Bonchev–Trinajstić information content (AvgIpc) is 3.17. The fraction of sp³-hybridized carbons (Fsp3) is 0.550. The third kappa shape index (κ3) is 4.02. The first-order valence-corrected chi connectivity index (χ1v) is 9.84. The summed E-state index contributed by atoms with van der Waals surface area (Å²) in [4.78, 5) is 14.9. The van der Waals surface area contributed by atoms with E-state index in [1.54, 1.807) is 25.3 Å². The minimum atomic E-state index is 0.0699. The molecule has 3 fully saturated rings. The Morgan fingerprint density at radius 1 is 1.43 bits per heavy atom. The summed E-state index contributed by atoms with van der Waals surface area (Å²) >= 11 is 0. The predicted octanol–water partition coefficient (Wildman–Crippen LogP) is 1.12.